The van der Waals surface area contributed by atoms with E-state index in [2.05, 4.69) is 141 Å². The second-order valence-electron chi connectivity index (χ2n) is 14.2. The molecular formula is C40H42Hf. The van der Waals surface area contributed by atoms with Crippen molar-refractivity contribution in [3.63, 3.8) is 0 Å². The van der Waals surface area contributed by atoms with E-state index in [-0.39, 0.29) is 5.41 Å². The van der Waals surface area contributed by atoms with Crippen LogP contribution in [0.2, 0.25) is 9.36 Å². The van der Waals surface area contributed by atoms with E-state index in [9.17, 15) is 0 Å². The molecule has 4 aromatic rings. The Labute approximate surface area is 251 Å². The van der Waals surface area contributed by atoms with Gasteiger partial charge in [-0.2, -0.15) is 0 Å². The average Bonchev–Trinajstić information content (AvgIpc) is 3.53. The quantitative estimate of drug-likeness (QED) is 0.186. The van der Waals surface area contributed by atoms with Crippen molar-refractivity contribution in [2.45, 2.75) is 57.7 Å². The summed E-state index contributed by atoms with van der Waals surface area (Å²) < 4.78 is 6.76. The molecular weight excluding hydrogens is 659 g/mol. The van der Waals surface area contributed by atoms with Gasteiger partial charge in [0, 0.05) is 0 Å². The van der Waals surface area contributed by atoms with Crippen LogP contribution in [-0.2, 0) is 20.0 Å². The third-order valence-corrected chi connectivity index (χ3v) is 25.5. The van der Waals surface area contributed by atoms with Crippen LogP contribution in [0.25, 0.3) is 34.4 Å². The second-order valence-corrected chi connectivity index (χ2v) is 31.4. The number of aryl methyl sites for hydroxylation is 2. The van der Waals surface area contributed by atoms with Crippen molar-refractivity contribution in [2.75, 3.05) is 0 Å². The van der Waals surface area contributed by atoms with E-state index in [0.29, 0.717) is 13.3 Å². The van der Waals surface area contributed by atoms with Gasteiger partial charge in [0.1, 0.15) is 0 Å². The number of allylic oxidation sites excluding steroid dienone is 2. The first-order valence-corrected chi connectivity index (χ1v) is 26.8. The van der Waals surface area contributed by atoms with Gasteiger partial charge < -0.3 is 0 Å². The maximum atomic E-state index is 2.77. The van der Waals surface area contributed by atoms with Crippen LogP contribution in [0.4, 0.5) is 0 Å². The van der Waals surface area contributed by atoms with E-state index in [1.54, 1.807) is 22.3 Å². The van der Waals surface area contributed by atoms with Gasteiger partial charge in [0.15, 0.2) is 0 Å². The van der Waals surface area contributed by atoms with Crippen molar-refractivity contribution >= 4 is 12.2 Å². The first-order valence-electron chi connectivity index (χ1n) is 15.4. The van der Waals surface area contributed by atoms with Crippen LogP contribution in [0.3, 0.4) is 0 Å². The summed E-state index contributed by atoms with van der Waals surface area (Å²) in [5.74, 6) is 0.626. The summed E-state index contributed by atoms with van der Waals surface area (Å²) in [6.45, 7) is 11.9. The third kappa shape index (κ3) is 4.09. The molecule has 206 valence electrons. The van der Waals surface area contributed by atoms with E-state index in [1.807, 2.05) is 0 Å². The van der Waals surface area contributed by atoms with Crippen LogP contribution in [0.5, 0.6) is 0 Å². The van der Waals surface area contributed by atoms with Crippen molar-refractivity contribution in [1.29, 1.82) is 0 Å². The number of hydrogen-bond donors (Lipinski definition) is 0. The molecule has 1 heterocycles. The Bertz CT molecular complexity index is 1640. The number of benzene rings is 4. The molecule has 0 nitrogen and oxygen atoms in total. The number of rotatable bonds is 4. The van der Waals surface area contributed by atoms with Gasteiger partial charge in [-0.25, -0.2) is 0 Å². The normalized spacial score (nSPS) is 23.4. The molecule has 0 aromatic heterocycles. The molecule has 0 radical (unpaired) electrons. The van der Waals surface area contributed by atoms with Gasteiger partial charge in [0.2, 0.25) is 0 Å². The third-order valence-electron chi connectivity index (χ3n) is 10.4. The molecule has 2 aliphatic carbocycles. The van der Waals surface area contributed by atoms with Crippen molar-refractivity contribution in [3.05, 3.63) is 129 Å². The van der Waals surface area contributed by atoms with Crippen LogP contribution in [0.1, 0.15) is 67.9 Å². The topological polar surface area (TPSA) is 0 Å². The summed E-state index contributed by atoms with van der Waals surface area (Å²) >= 11 is -3.06. The second kappa shape index (κ2) is 9.63. The molecule has 1 aliphatic heterocycles. The summed E-state index contributed by atoms with van der Waals surface area (Å²) in [6, 6.07) is 32.5. The molecule has 0 bridgehead atoms. The monoisotopic (exact) mass is 702 g/mol. The first kappa shape index (κ1) is 27.1. The number of hydrogen-bond acceptors (Lipinski definition) is 0. The molecule has 0 spiro atoms. The fourth-order valence-corrected chi connectivity index (χ4v) is 26.3. The summed E-state index contributed by atoms with van der Waals surface area (Å²) in [4.78, 5) is 0. The first-order chi connectivity index (χ1) is 19.6. The molecule has 2 atom stereocenters. The van der Waals surface area contributed by atoms with Crippen molar-refractivity contribution in [1.82, 2.24) is 0 Å². The van der Waals surface area contributed by atoms with Gasteiger partial charge in [-0.1, -0.05) is 0 Å². The summed E-state index contributed by atoms with van der Waals surface area (Å²) in [6.07, 6.45) is 6.54. The zero-order chi connectivity index (χ0) is 28.7. The Kier molecular flexibility index (Phi) is 6.36. The molecule has 7 rings (SSSR count). The van der Waals surface area contributed by atoms with Crippen molar-refractivity contribution in [2.24, 2.45) is 11.3 Å². The zero-order valence-electron chi connectivity index (χ0n) is 25.7. The van der Waals surface area contributed by atoms with E-state index < -0.39 is 20.0 Å². The molecule has 0 amide bonds. The maximum absolute atomic E-state index is 3.06. The molecule has 2 unspecified atom stereocenters. The van der Waals surface area contributed by atoms with Gasteiger partial charge in [0.25, 0.3) is 0 Å². The Hall–Kier alpha value is -2.77. The van der Waals surface area contributed by atoms with Crippen LogP contribution < -0.4 is 0 Å². The van der Waals surface area contributed by atoms with Gasteiger partial charge in [-0.15, -0.1) is 0 Å². The molecule has 3 aliphatic rings. The Balaban J connectivity index is 1.47. The predicted molar refractivity (Wildman–Crippen MR) is 174 cm³/mol. The Morgan fingerprint density at radius 1 is 0.659 bits per heavy atom. The average molecular weight is 701 g/mol. The van der Waals surface area contributed by atoms with Gasteiger partial charge in [0.05, 0.1) is 0 Å². The van der Waals surface area contributed by atoms with Crippen molar-refractivity contribution in [3.8, 4) is 22.3 Å². The van der Waals surface area contributed by atoms with Gasteiger partial charge >= 0.3 is 253 Å². The van der Waals surface area contributed by atoms with Crippen LogP contribution in [0, 0.1) is 25.2 Å². The molecule has 1 saturated heterocycles. The van der Waals surface area contributed by atoms with E-state index in [4.69, 9.17) is 0 Å². The summed E-state index contributed by atoms with van der Waals surface area (Å²) in [5.41, 5.74) is 17.9. The number of fused-ring (bicyclic) bond motifs is 6. The minimum absolute atomic E-state index is 0.0603. The van der Waals surface area contributed by atoms with Crippen LogP contribution in [0.15, 0.2) is 96.1 Å². The van der Waals surface area contributed by atoms with Gasteiger partial charge in [-0.3, -0.25) is 0 Å². The van der Waals surface area contributed by atoms with Gasteiger partial charge in [-0.05, 0) is 0 Å². The SMILES string of the molecule is Cc1cccc(-c2cccc3c2C=C2[CH]3[Hf]([CH3])([CH3])[CH]3C(=Cc4c(-c5cccc(C)c5)cccc43)C2(C)CC(C)C)c1. The standard InChI is InChI=1S/C38H36.2CH3.Hf/c1-25(2)24-38(5,32-20-30-14-8-16-34(36(30)22-32)28-12-6-10-26(3)18-28)33-21-31-15-9-17-35(37(31)23-33)29-13-7-11-27(4)19-29;;;/h6-23,25H,24H2,1-5H3;2*1H3;. The molecule has 1 heteroatoms. The van der Waals surface area contributed by atoms with E-state index in [0.717, 1.165) is 0 Å². The summed E-state index contributed by atoms with van der Waals surface area (Å²) in [5, 5.41) is 0. The molecule has 0 N–H and O–H groups in total. The molecule has 1 fully saturated rings. The summed E-state index contributed by atoms with van der Waals surface area (Å²) in [7, 11) is 0. The van der Waals surface area contributed by atoms with Crippen molar-refractivity contribution < 1.29 is 20.0 Å². The Morgan fingerprint density at radius 3 is 1.51 bits per heavy atom. The van der Waals surface area contributed by atoms with Crippen LogP contribution >= 0.6 is 0 Å². The molecule has 41 heavy (non-hydrogen) atoms. The van der Waals surface area contributed by atoms with Crippen LogP contribution in [-0.4, -0.2) is 0 Å². The molecule has 0 saturated carbocycles. The fraction of sp³-hybridized carbons (Fsp3) is 0.300. The van der Waals surface area contributed by atoms with E-state index >= 15 is 0 Å². The van der Waals surface area contributed by atoms with E-state index in [1.165, 1.54) is 50.9 Å². The minimum atomic E-state index is -3.06. The predicted octanol–water partition coefficient (Wildman–Crippen LogP) is 11.5. The fourth-order valence-electron chi connectivity index (χ4n) is 8.88. The zero-order valence-corrected chi connectivity index (χ0v) is 29.3. The molecule has 4 aromatic carbocycles. The Morgan fingerprint density at radius 2 is 1.10 bits per heavy atom.